The Labute approximate surface area is 99.7 Å². The molecule has 2 atom stereocenters. The molecule has 92 valence electrons. The highest BCUT2D eigenvalue weighted by Crippen LogP contribution is 2.34. The number of rotatable bonds is 0. The van der Waals surface area contributed by atoms with Crippen LogP contribution in [-0.2, 0) is 0 Å². The molecule has 1 aliphatic carbocycles. The molecule has 1 heterocycles. The van der Waals surface area contributed by atoms with Gasteiger partial charge in [-0.2, -0.15) is 0 Å². The van der Waals surface area contributed by atoms with Gasteiger partial charge in [-0.15, -0.1) is 0 Å². The molecule has 0 amide bonds. The Morgan fingerprint density at radius 2 is 1.81 bits per heavy atom. The minimum Gasteiger partial charge on any atom is -0.316 e. The number of nitrogens with two attached hydrogens (primary N) is 1. The van der Waals surface area contributed by atoms with Crippen molar-refractivity contribution in [3.05, 3.63) is 11.1 Å². The van der Waals surface area contributed by atoms with Crippen LogP contribution in [0.2, 0.25) is 0 Å². The molecule has 2 fully saturated rings. The number of nitrogens with one attached hydrogen (secondary N) is 1. The average molecular weight is 222 g/mol. The fourth-order valence-corrected chi connectivity index (χ4v) is 2.78. The lowest BCUT2D eigenvalue weighted by molar-refractivity contribution is 0.402. The van der Waals surface area contributed by atoms with Gasteiger partial charge in [0.25, 0.3) is 0 Å². The second-order valence-electron chi connectivity index (χ2n) is 5.63. The van der Waals surface area contributed by atoms with Gasteiger partial charge in [-0.05, 0) is 57.4 Å². The van der Waals surface area contributed by atoms with Crippen molar-refractivity contribution in [2.75, 3.05) is 6.54 Å². The van der Waals surface area contributed by atoms with Crippen LogP contribution >= 0.6 is 0 Å². The monoisotopic (exact) mass is 222 g/mol. The van der Waals surface area contributed by atoms with Gasteiger partial charge < -0.3 is 11.1 Å². The molecule has 1 saturated carbocycles. The van der Waals surface area contributed by atoms with Gasteiger partial charge >= 0.3 is 0 Å². The summed E-state index contributed by atoms with van der Waals surface area (Å²) >= 11 is 0. The van der Waals surface area contributed by atoms with Crippen LogP contribution in [0.15, 0.2) is 11.1 Å². The first-order chi connectivity index (χ1) is 7.75. The molecule has 16 heavy (non-hydrogen) atoms. The minimum absolute atomic E-state index is 0.223. The van der Waals surface area contributed by atoms with Crippen molar-refractivity contribution >= 4 is 0 Å². The molecular formula is C14H26N2. The SMILES string of the molecule is CC1CNC(N)CCCCC(=C2CCC2)C1. The van der Waals surface area contributed by atoms with Gasteiger partial charge in [0, 0.05) is 0 Å². The molecule has 0 radical (unpaired) electrons. The van der Waals surface area contributed by atoms with Crippen molar-refractivity contribution in [3.8, 4) is 0 Å². The van der Waals surface area contributed by atoms with E-state index >= 15 is 0 Å². The van der Waals surface area contributed by atoms with Gasteiger partial charge in [0.2, 0.25) is 0 Å². The highest BCUT2D eigenvalue weighted by molar-refractivity contribution is 5.20. The molecule has 0 spiro atoms. The molecule has 2 rings (SSSR count). The lowest BCUT2D eigenvalue weighted by Gasteiger charge is -2.27. The third-order valence-corrected chi connectivity index (χ3v) is 4.02. The molecule has 0 aromatic rings. The van der Waals surface area contributed by atoms with E-state index in [2.05, 4.69) is 12.2 Å². The van der Waals surface area contributed by atoms with Crippen molar-refractivity contribution in [2.45, 2.75) is 64.5 Å². The van der Waals surface area contributed by atoms with Gasteiger partial charge in [-0.1, -0.05) is 24.5 Å². The van der Waals surface area contributed by atoms with Crippen LogP contribution in [0.1, 0.15) is 58.3 Å². The highest BCUT2D eigenvalue weighted by atomic mass is 15.0. The van der Waals surface area contributed by atoms with Crippen LogP contribution in [-0.4, -0.2) is 12.7 Å². The Bertz CT molecular complexity index is 251. The Kier molecular flexibility index (Phi) is 4.42. The van der Waals surface area contributed by atoms with Crippen molar-refractivity contribution in [2.24, 2.45) is 11.7 Å². The third-order valence-electron chi connectivity index (χ3n) is 4.02. The Morgan fingerprint density at radius 1 is 1.06 bits per heavy atom. The average Bonchev–Trinajstić information content (AvgIpc) is 2.18. The molecule has 2 nitrogen and oxygen atoms in total. The maximum atomic E-state index is 6.00. The third kappa shape index (κ3) is 3.33. The summed E-state index contributed by atoms with van der Waals surface area (Å²) in [6.07, 6.45) is 10.8. The summed E-state index contributed by atoms with van der Waals surface area (Å²) in [6.45, 7) is 3.43. The smallest absolute Gasteiger partial charge is 0.0546 e. The quantitative estimate of drug-likeness (QED) is 0.618. The van der Waals surface area contributed by atoms with E-state index in [0.717, 1.165) is 18.9 Å². The normalized spacial score (nSPS) is 33.4. The van der Waals surface area contributed by atoms with Gasteiger partial charge in [0.05, 0.1) is 6.17 Å². The number of allylic oxidation sites excluding steroid dienone is 2. The zero-order valence-electron chi connectivity index (χ0n) is 10.6. The zero-order valence-corrected chi connectivity index (χ0v) is 10.6. The van der Waals surface area contributed by atoms with Crippen molar-refractivity contribution in [1.82, 2.24) is 5.32 Å². The van der Waals surface area contributed by atoms with E-state index in [0.29, 0.717) is 0 Å². The molecule has 2 unspecified atom stereocenters. The van der Waals surface area contributed by atoms with E-state index in [1.54, 1.807) is 11.1 Å². The maximum absolute atomic E-state index is 6.00. The predicted octanol–water partition coefficient (Wildman–Crippen LogP) is 2.94. The summed E-state index contributed by atoms with van der Waals surface area (Å²) in [5, 5.41) is 3.45. The Hall–Kier alpha value is -0.340. The van der Waals surface area contributed by atoms with Crippen LogP contribution in [0.5, 0.6) is 0 Å². The second kappa shape index (κ2) is 5.83. The van der Waals surface area contributed by atoms with E-state index in [1.807, 2.05) is 0 Å². The van der Waals surface area contributed by atoms with Gasteiger partial charge in [-0.3, -0.25) is 0 Å². The van der Waals surface area contributed by atoms with Gasteiger partial charge in [-0.25, -0.2) is 0 Å². The van der Waals surface area contributed by atoms with Crippen LogP contribution in [0.4, 0.5) is 0 Å². The summed E-state index contributed by atoms with van der Waals surface area (Å²) < 4.78 is 0. The molecule has 1 aliphatic heterocycles. The summed E-state index contributed by atoms with van der Waals surface area (Å²) in [5.41, 5.74) is 9.57. The van der Waals surface area contributed by atoms with Gasteiger partial charge in [0.1, 0.15) is 0 Å². The molecule has 0 aromatic carbocycles. The van der Waals surface area contributed by atoms with Crippen molar-refractivity contribution < 1.29 is 0 Å². The first-order valence-electron chi connectivity index (χ1n) is 6.94. The molecular weight excluding hydrogens is 196 g/mol. The summed E-state index contributed by atoms with van der Waals surface area (Å²) in [7, 11) is 0. The molecule has 2 heteroatoms. The van der Waals surface area contributed by atoms with Crippen LogP contribution < -0.4 is 11.1 Å². The summed E-state index contributed by atoms with van der Waals surface area (Å²) in [5.74, 6) is 0.743. The summed E-state index contributed by atoms with van der Waals surface area (Å²) in [6, 6.07) is 0. The molecule has 0 bridgehead atoms. The fourth-order valence-electron chi connectivity index (χ4n) is 2.78. The largest absolute Gasteiger partial charge is 0.316 e. The fraction of sp³-hybridized carbons (Fsp3) is 0.857. The Morgan fingerprint density at radius 3 is 2.50 bits per heavy atom. The lowest BCUT2D eigenvalue weighted by atomic mass is 9.82. The Balaban J connectivity index is 1.94. The molecule has 0 aromatic heterocycles. The van der Waals surface area contributed by atoms with Crippen LogP contribution in [0.25, 0.3) is 0 Å². The summed E-state index contributed by atoms with van der Waals surface area (Å²) in [4.78, 5) is 0. The second-order valence-corrected chi connectivity index (χ2v) is 5.63. The minimum atomic E-state index is 0.223. The standard InChI is InChI=1S/C14H26N2/c1-11-9-13(12-6-4-7-12)5-2-3-8-14(15)16-10-11/h11,14,16H,2-10,15H2,1H3. The highest BCUT2D eigenvalue weighted by Gasteiger charge is 2.17. The van der Waals surface area contributed by atoms with E-state index in [1.165, 1.54) is 44.9 Å². The number of hydrogen-bond acceptors (Lipinski definition) is 2. The molecule has 3 N–H and O–H groups in total. The lowest BCUT2D eigenvalue weighted by Crippen LogP contribution is -2.40. The first kappa shape index (κ1) is 12.1. The van der Waals surface area contributed by atoms with Crippen molar-refractivity contribution in [3.63, 3.8) is 0 Å². The topological polar surface area (TPSA) is 38.0 Å². The zero-order chi connectivity index (χ0) is 11.4. The predicted molar refractivity (Wildman–Crippen MR) is 69.1 cm³/mol. The molecule has 1 saturated heterocycles. The van der Waals surface area contributed by atoms with Crippen LogP contribution in [0, 0.1) is 5.92 Å². The van der Waals surface area contributed by atoms with Gasteiger partial charge in [0.15, 0.2) is 0 Å². The maximum Gasteiger partial charge on any atom is 0.0546 e. The first-order valence-corrected chi connectivity index (χ1v) is 6.94. The van der Waals surface area contributed by atoms with E-state index < -0.39 is 0 Å². The van der Waals surface area contributed by atoms with E-state index in [-0.39, 0.29) is 6.17 Å². The van der Waals surface area contributed by atoms with Crippen LogP contribution in [0.3, 0.4) is 0 Å². The van der Waals surface area contributed by atoms with E-state index in [4.69, 9.17) is 5.73 Å². The number of hydrogen-bond donors (Lipinski definition) is 2. The molecule has 2 aliphatic rings. The van der Waals surface area contributed by atoms with Crippen molar-refractivity contribution in [1.29, 1.82) is 0 Å². The van der Waals surface area contributed by atoms with E-state index in [9.17, 15) is 0 Å².